The lowest BCUT2D eigenvalue weighted by molar-refractivity contribution is -0.151. The van der Waals surface area contributed by atoms with E-state index in [1.165, 1.54) is 0 Å². The zero-order valence-electron chi connectivity index (χ0n) is 16.1. The minimum atomic E-state index is -0.544. The number of esters is 1. The highest BCUT2D eigenvalue weighted by molar-refractivity contribution is 5.75. The number of hydrogen-bond acceptors (Lipinski definition) is 5. The first-order valence-corrected chi connectivity index (χ1v) is 9.08. The van der Waals surface area contributed by atoms with Gasteiger partial charge in [-0.1, -0.05) is 17.7 Å². The molecule has 0 bridgehead atoms. The van der Waals surface area contributed by atoms with E-state index in [0.717, 1.165) is 24.2 Å². The van der Waals surface area contributed by atoms with Crippen molar-refractivity contribution in [1.29, 1.82) is 0 Å². The lowest BCUT2D eigenvalue weighted by Crippen LogP contribution is -2.45. The Kier molecular flexibility index (Phi) is 6.89. The van der Waals surface area contributed by atoms with Crippen molar-refractivity contribution in [2.75, 3.05) is 26.3 Å². The smallest absolute Gasteiger partial charge is 0.410 e. The molecule has 0 aliphatic carbocycles. The zero-order valence-corrected chi connectivity index (χ0v) is 16.1. The lowest BCUT2D eigenvalue weighted by Gasteiger charge is -2.33. The number of piperidine rings is 1. The molecule has 6 nitrogen and oxygen atoms in total. The van der Waals surface area contributed by atoms with Crippen LogP contribution in [0.2, 0.25) is 0 Å². The third-order valence-corrected chi connectivity index (χ3v) is 4.02. The fourth-order valence-electron chi connectivity index (χ4n) is 2.72. The lowest BCUT2D eigenvalue weighted by atomic mass is 9.98. The zero-order chi connectivity index (χ0) is 19.2. The van der Waals surface area contributed by atoms with Gasteiger partial charge in [-0.3, -0.25) is 4.79 Å². The highest BCUT2D eigenvalue weighted by Crippen LogP contribution is 2.20. The van der Waals surface area contributed by atoms with Gasteiger partial charge in [-0.2, -0.15) is 0 Å². The molecular formula is C20H29NO5. The summed E-state index contributed by atoms with van der Waals surface area (Å²) in [5.74, 6) is 0.154. The molecule has 1 fully saturated rings. The molecule has 1 aliphatic heterocycles. The topological polar surface area (TPSA) is 65.1 Å². The van der Waals surface area contributed by atoms with Gasteiger partial charge in [0.25, 0.3) is 0 Å². The van der Waals surface area contributed by atoms with Gasteiger partial charge in [-0.15, -0.1) is 0 Å². The maximum absolute atomic E-state index is 12.3. The molecule has 26 heavy (non-hydrogen) atoms. The van der Waals surface area contributed by atoms with Crippen LogP contribution in [0.15, 0.2) is 24.3 Å². The van der Waals surface area contributed by atoms with Crippen LogP contribution in [0.4, 0.5) is 4.79 Å². The van der Waals surface area contributed by atoms with Crippen molar-refractivity contribution < 1.29 is 23.8 Å². The van der Waals surface area contributed by atoms with E-state index in [2.05, 4.69) is 0 Å². The van der Waals surface area contributed by atoms with Gasteiger partial charge < -0.3 is 19.1 Å². The summed E-state index contributed by atoms with van der Waals surface area (Å²) in [6, 6.07) is 7.71. The van der Waals surface area contributed by atoms with Crippen LogP contribution in [0, 0.1) is 12.8 Å². The Morgan fingerprint density at radius 2 is 1.85 bits per heavy atom. The van der Waals surface area contributed by atoms with Crippen molar-refractivity contribution in [2.24, 2.45) is 5.92 Å². The van der Waals surface area contributed by atoms with E-state index in [1.54, 1.807) is 4.90 Å². The van der Waals surface area contributed by atoms with Gasteiger partial charge in [0, 0.05) is 13.1 Å². The molecule has 1 atom stereocenters. The molecule has 1 aliphatic rings. The van der Waals surface area contributed by atoms with E-state index in [1.807, 2.05) is 52.0 Å². The number of rotatable bonds is 5. The molecule has 0 radical (unpaired) electrons. The summed E-state index contributed by atoms with van der Waals surface area (Å²) in [4.78, 5) is 26.0. The van der Waals surface area contributed by atoms with Gasteiger partial charge in [0.05, 0.1) is 5.92 Å². The van der Waals surface area contributed by atoms with Crippen LogP contribution in [-0.4, -0.2) is 48.9 Å². The summed E-state index contributed by atoms with van der Waals surface area (Å²) in [6.45, 7) is 8.93. The largest absolute Gasteiger partial charge is 0.490 e. The third kappa shape index (κ3) is 6.58. The first-order valence-electron chi connectivity index (χ1n) is 9.08. The van der Waals surface area contributed by atoms with Gasteiger partial charge in [0.2, 0.25) is 0 Å². The third-order valence-electron chi connectivity index (χ3n) is 4.02. The SMILES string of the molecule is Cc1ccc(OCCOC(=O)C2CCCN(C(=O)OC(C)(C)C)C2)cc1. The van der Waals surface area contributed by atoms with Crippen LogP contribution in [0.25, 0.3) is 0 Å². The Morgan fingerprint density at radius 3 is 2.50 bits per heavy atom. The predicted molar refractivity (Wildman–Crippen MR) is 98.2 cm³/mol. The average Bonchev–Trinajstić information content (AvgIpc) is 2.58. The number of likely N-dealkylation sites (tertiary alicyclic amines) is 1. The molecule has 1 aromatic carbocycles. The minimum absolute atomic E-state index is 0.190. The van der Waals surface area contributed by atoms with Crippen LogP contribution < -0.4 is 4.74 Å². The predicted octanol–water partition coefficient (Wildman–Crippen LogP) is 3.56. The molecule has 1 heterocycles. The first-order chi connectivity index (χ1) is 12.2. The summed E-state index contributed by atoms with van der Waals surface area (Å²) in [7, 11) is 0. The van der Waals surface area contributed by atoms with E-state index >= 15 is 0 Å². The summed E-state index contributed by atoms with van der Waals surface area (Å²) < 4.78 is 16.2. The molecule has 0 spiro atoms. The highest BCUT2D eigenvalue weighted by atomic mass is 16.6. The summed E-state index contributed by atoms with van der Waals surface area (Å²) in [5.41, 5.74) is 0.619. The van der Waals surface area contributed by atoms with E-state index < -0.39 is 5.60 Å². The Hall–Kier alpha value is -2.24. The Bertz CT molecular complexity index is 606. The summed E-state index contributed by atoms with van der Waals surface area (Å²) >= 11 is 0. The number of aryl methyl sites for hydroxylation is 1. The number of benzene rings is 1. The van der Waals surface area contributed by atoms with Crippen LogP contribution >= 0.6 is 0 Å². The van der Waals surface area contributed by atoms with Gasteiger partial charge in [0.15, 0.2) is 0 Å². The van der Waals surface area contributed by atoms with Crippen molar-refractivity contribution in [1.82, 2.24) is 4.90 Å². The maximum Gasteiger partial charge on any atom is 0.410 e. The van der Waals surface area contributed by atoms with Crippen molar-refractivity contribution in [3.63, 3.8) is 0 Å². The van der Waals surface area contributed by atoms with Crippen LogP contribution in [0.5, 0.6) is 5.75 Å². The molecule has 0 aromatic heterocycles. The van der Waals surface area contributed by atoms with E-state index in [0.29, 0.717) is 19.7 Å². The second-order valence-electron chi connectivity index (χ2n) is 7.59. The number of ether oxygens (including phenoxy) is 3. The van der Waals surface area contributed by atoms with Crippen LogP contribution in [0.3, 0.4) is 0 Å². The monoisotopic (exact) mass is 363 g/mol. The molecule has 144 valence electrons. The van der Waals surface area contributed by atoms with Crippen molar-refractivity contribution in [2.45, 2.75) is 46.1 Å². The fourth-order valence-corrected chi connectivity index (χ4v) is 2.72. The Balaban J connectivity index is 1.72. The van der Waals surface area contributed by atoms with Crippen LogP contribution in [0.1, 0.15) is 39.2 Å². The molecule has 1 amide bonds. The molecule has 1 unspecified atom stereocenters. The van der Waals surface area contributed by atoms with Gasteiger partial charge in [-0.25, -0.2) is 4.79 Å². The molecule has 0 saturated carbocycles. The summed E-state index contributed by atoms with van der Waals surface area (Å²) in [6.07, 6.45) is 1.10. The highest BCUT2D eigenvalue weighted by Gasteiger charge is 2.31. The van der Waals surface area contributed by atoms with Gasteiger partial charge in [0.1, 0.15) is 24.6 Å². The van der Waals surface area contributed by atoms with Gasteiger partial charge >= 0.3 is 12.1 Å². The number of hydrogen-bond donors (Lipinski definition) is 0. The second kappa shape index (κ2) is 8.92. The number of carbonyl (C=O) groups is 2. The van der Waals surface area contributed by atoms with Crippen molar-refractivity contribution >= 4 is 12.1 Å². The molecule has 0 N–H and O–H groups in total. The molecule has 1 saturated heterocycles. The Morgan fingerprint density at radius 1 is 1.15 bits per heavy atom. The number of amides is 1. The first kappa shape index (κ1) is 20.1. The van der Waals surface area contributed by atoms with E-state index in [9.17, 15) is 9.59 Å². The van der Waals surface area contributed by atoms with Crippen molar-refractivity contribution in [3.8, 4) is 5.75 Å². The van der Waals surface area contributed by atoms with Crippen LogP contribution in [-0.2, 0) is 14.3 Å². The van der Waals surface area contributed by atoms with Crippen molar-refractivity contribution in [3.05, 3.63) is 29.8 Å². The summed E-state index contributed by atoms with van der Waals surface area (Å²) in [5, 5.41) is 0. The van der Waals surface area contributed by atoms with E-state index in [4.69, 9.17) is 14.2 Å². The number of carbonyl (C=O) groups excluding carboxylic acids is 2. The number of nitrogens with zero attached hydrogens (tertiary/aromatic N) is 1. The molecular weight excluding hydrogens is 334 g/mol. The molecule has 6 heteroatoms. The fraction of sp³-hybridized carbons (Fsp3) is 0.600. The van der Waals surface area contributed by atoms with E-state index in [-0.39, 0.29) is 24.6 Å². The van der Waals surface area contributed by atoms with Gasteiger partial charge in [-0.05, 0) is 52.7 Å². The Labute approximate surface area is 155 Å². The average molecular weight is 363 g/mol. The molecule has 1 aromatic rings. The maximum atomic E-state index is 12.3. The quantitative estimate of drug-likeness (QED) is 0.591. The second-order valence-corrected chi connectivity index (χ2v) is 7.59. The standard InChI is InChI=1S/C20H29NO5/c1-15-7-9-17(10-8-15)24-12-13-25-18(22)16-6-5-11-21(14-16)19(23)26-20(2,3)4/h7-10,16H,5-6,11-14H2,1-4H3. The normalized spacial score (nSPS) is 17.5. The minimum Gasteiger partial charge on any atom is -0.490 e. The molecule has 2 rings (SSSR count).